The summed E-state index contributed by atoms with van der Waals surface area (Å²) < 4.78 is 0. The summed E-state index contributed by atoms with van der Waals surface area (Å²) in [5.74, 6) is -0.0848. The van der Waals surface area contributed by atoms with E-state index >= 15 is 0 Å². The Kier molecular flexibility index (Phi) is 7.03. The van der Waals surface area contributed by atoms with Crippen molar-refractivity contribution in [3.8, 4) is 0 Å². The van der Waals surface area contributed by atoms with Crippen LogP contribution in [0.25, 0.3) is 0 Å². The fourth-order valence-electron chi connectivity index (χ4n) is 1.79. The van der Waals surface area contributed by atoms with Gasteiger partial charge in [0.1, 0.15) is 5.69 Å². The molecule has 1 aromatic rings. The van der Waals surface area contributed by atoms with Gasteiger partial charge in [0, 0.05) is 12.7 Å². The lowest BCUT2D eigenvalue weighted by molar-refractivity contribution is 0.0947. The molecule has 100 valence electrons. The van der Waals surface area contributed by atoms with Gasteiger partial charge in [0.15, 0.2) is 0 Å². The number of pyridine rings is 1. The zero-order valence-electron chi connectivity index (χ0n) is 11.4. The molecule has 1 aromatic heterocycles. The van der Waals surface area contributed by atoms with E-state index in [4.69, 9.17) is 0 Å². The summed E-state index contributed by atoms with van der Waals surface area (Å²) in [6.45, 7) is 8.36. The fraction of sp³-hybridized carbons (Fsp3) is 0.571. The van der Waals surface area contributed by atoms with E-state index in [0.29, 0.717) is 5.69 Å². The first kappa shape index (κ1) is 14.6. The Morgan fingerprint density at radius 1 is 1.28 bits per heavy atom. The van der Waals surface area contributed by atoms with Gasteiger partial charge in [-0.15, -0.1) is 0 Å². The Balaban J connectivity index is 2.13. The third kappa shape index (κ3) is 5.27. The molecule has 0 aliphatic rings. The van der Waals surface area contributed by atoms with E-state index in [1.165, 1.54) is 0 Å². The standard InChI is InChI=1S/C14H23N3O/c1-3-17(4-2)12-8-7-11-16-14(18)13-9-5-6-10-15-13/h5-6,9-10H,3-4,7-8,11-12H2,1-2H3,(H,16,18). The highest BCUT2D eigenvalue weighted by Crippen LogP contribution is 1.96. The summed E-state index contributed by atoms with van der Waals surface area (Å²) in [6.07, 6.45) is 3.76. The largest absolute Gasteiger partial charge is 0.351 e. The SMILES string of the molecule is CCN(CC)CCCCNC(=O)c1ccccn1. The molecule has 1 rings (SSSR count). The topological polar surface area (TPSA) is 45.2 Å². The Bertz CT molecular complexity index is 336. The van der Waals surface area contributed by atoms with Gasteiger partial charge in [-0.25, -0.2) is 0 Å². The monoisotopic (exact) mass is 249 g/mol. The number of hydrogen-bond acceptors (Lipinski definition) is 3. The molecule has 0 aliphatic carbocycles. The normalized spacial score (nSPS) is 10.6. The summed E-state index contributed by atoms with van der Waals surface area (Å²) in [4.78, 5) is 18.1. The molecular formula is C14H23N3O. The van der Waals surface area contributed by atoms with Crippen LogP contribution in [0.3, 0.4) is 0 Å². The van der Waals surface area contributed by atoms with Crippen LogP contribution in [0.1, 0.15) is 37.2 Å². The van der Waals surface area contributed by atoms with Crippen molar-refractivity contribution < 1.29 is 4.79 Å². The van der Waals surface area contributed by atoms with Gasteiger partial charge in [0.2, 0.25) is 0 Å². The summed E-state index contributed by atoms with van der Waals surface area (Å²) >= 11 is 0. The molecule has 0 radical (unpaired) electrons. The quantitative estimate of drug-likeness (QED) is 0.716. The Labute approximate surface area is 109 Å². The predicted octanol–water partition coefficient (Wildman–Crippen LogP) is 1.93. The molecule has 0 saturated carbocycles. The van der Waals surface area contributed by atoms with E-state index in [2.05, 4.69) is 29.0 Å². The molecule has 1 amide bonds. The molecular weight excluding hydrogens is 226 g/mol. The van der Waals surface area contributed by atoms with Crippen molar-refractivity contribution in [1.29, 1.82) is 0 Å². The zero-order valence-corrected chi connectivity index (χ0v) is 11.4. The van der Waals surface area contributed by atoms with Gasteiger partial charge in [0.05, 0.1) is 0 Å². The molecule has 0 spiro atoms. The van der Waals surface area contributed by atoms with E-state index in [1.807, 2.05) is 6.07 Å². The van der Waals surface area contributed by atoms with Crippen molar-refractivity contribution in [3.05, 3.63) is 30.1 Å². The van der Waals surface area contributed by atoms with Gasteiger partial charge in [-0.1, -0.05) is 19.9 Å². The second-order valence-corrected chi connectivity index (χ2v) is 4.20. The van der Waals surface area contributed by atoms with Crippen molar-refractivity contribution in [2.24, 2.45) is 0 Å². The highest BCUT2D eigenvalue weighted by molar-refractivity contribution is 5.92. The van der Waals surface area contributed by atoms with Crippen LogP contribution in [0.2, 0.25) is 0 Å². The van der Waals surface area contributed by atoms with Crippen LogP contribution in [-0.4, -0.2) is 42.0 Å². The molecule has 0 aromatic carbocycles. The lowest BCUT2D eigenvalue weighted by Crippen LogP contribution is -2.27. The average Bonchev–Trinajstić information content (AvgIpc) is 2.43. The number of unbranched alkanes of at least 4 members (excludes halogenated alkanes) is 1. The minimum Gasteiger partial charge on any atom is -0.351 e. The van der Waals surface area contributed by atoms with Crippen LogP contribution >= 0.6 is 0 Å². The molecule has 4 heteroatoms. The minimum atomic E-state index is -0.0848. The van der Waals surface area contributed by atoms with E-state index in [1.54, 1.807) is 18.3 Å². The van der Waals surface area contributed by atoms with Gasteiger partial charge >= 0.3 is 0 Å². The molecule has 4 nitrogen and oxygen atoms in total. The van der Waals surface area contributed by atoms with Crippen LogP contribution in [0, 0.1) is 0 Å². The Hall–Kier alpha value is -1.42. The molecule has 0 bridgehead atoms. The van der Waals surface area contributed by atoms with Crippen LogP contribution in [0.4, 0.5) is 0 Å². The molecule has 0 atom stereocenters. The molecule has 0 aliphatic heterocycles. The molecule has 1 N–H and O–H groups in total. The predicted molar refractivity (Wildman–Crippen MR) is 73.6 cm³/mol. The number of carbonyl (C=O) groups excluding carboxylic acids is 1. The lowest BCUT2D eigenvalue weighted by atomic mass is 10.2. The highest BCUT2D eigenvalue weighted by Gasteiger charge is 2.04. The number of hydrogen-bond donors (Lipinski definition) is 1. The van der Waals surface area contributed by atoms with Crippen LogP contribution in [0.5, 0.6) is 0 Å². The maximum Gasteiger partial charge on any atom is 0.269 e. The van der Waals surface area contributed by atoms with Crippen LogP contribution in [0.15, 0.2) is 24.4 Å². The summed E-state index contributed by atoms with van der Waals surface area (Å²) in [6, 6.07) is 5.36. The second kappa shape index (κ2) is 8.64. The van der Waals surface area contributed by atoms with Crippen molar-refractivity contribution >= 4 is 5.91 Å². The third-order valence-corrected chi connectivity index (χ3v) is 2.98. The van der Waals surface area contributed by atoms with Gasteiger partial charge in [-0.3, -0.25) is 9.78 Å². The molecule has 0 saturated heterocycles. The van der Waals surface area contributed by atoms with Crippen molar-refractivity contribution in [3.63, 3.8) is 0 Å². The number of aromatic nitrogens is 1. The van der Waals surface area contributed by atoms with Crippen LogP contribution < -0.4 is 5.32 Å². The van der Waals surface area contributed by atoms with Crippen LogP contribution in [-0.2, 0) is 0 Å². The van der Waals surface area contributed by atoms with E-state index in [9.17, 15) is 4.79 Å². The lowest BCUT2D eigenvalue weighted by Gasteiger charge is -2.17. The van der Waals surface area contributed by atoms with E-state index < -0.39 is 0 Å². The summed E-state index contributed by atoms with van der Waals surface area (Å²) in [5.41, 5.74) is 0.487. The first-order valence-corrected chi connectivity index (χ1v) is 6.69. The average molecular weight is 249 g/mol. The van der Waals surface area contributed by atoms with Gasteiger partial charge in [-0.2, -0.15) is 0 Å². The number of carbonyl (C=O) groups is 1. The third-order valence-electron chi connectivity index (χ3n) is 2.98. The van der Waals surface area contributed by atoms with Gasteiger partial charge in [0.25, 0.3) is 5.91 Å². The number of amides is 1. The second-order valence-electron chi connectivity index (χ2n) is 4.20. The molecule has 0 fully saturated rings. The maximum absolute atomic E-state index is 11.7. The first-order valence-electron chi connectivity index (χ1n) is 6.69. The smallest absolute Gasteiger partial charge is 0.269 e. The number of rotatable bonds is 8. The highest BCUT2D eigenvalue weighted by atomic mass is 16.1. The maximum atomic E-state index is 11.7. The van der Waals surface area contributed by atoms with Gasteiger partial charge < -0.3 is 10.2 Å². The first-order chi connectivity index (χ1) is 8.77. The fourth-order valence-corrected chi connectivity index (χ4v) is 1.79. The van der Waals surface area contributed by atoms with E-state index in [-0.39, 0.29) is 5.91 Å². The Morgan fingerprint density at radius 2 is 2.06 bits per heavy atom. The zero-order chi connectivity index (χ0) is 13.2. The Morgan fingerprint density at radius 3 is 2.67 bits per heavy atom. The number of nitrogens with one attached hydrogen (secondary N) is 1. The molecule has 18 heavy (non-hydrogen) atoms. The molecule has 0 unspecified atom stereocenters. The van der Waals surface area contributed by atoms with E-state index in [0.717, 1.165) is 39.0 Å². The minimum absolute atomic E-state index is 0.0848. The summed E-state index contributed by atoms with van der Waals surface area (Å²) in [5, 5.41) is 2.89. The van der Waals surface area contributed by atoms with Crippen molar-refractivity contribution in [1.82, 2.24) is 15.2 Å². The number of nitrogens with zero attached hydrogens (tertiary/aromatic N) is 2. The molecule has 1 heterocycles. The van der Waals surface area contributed by atoms with Gasteiger partial charge in [-0.05, 0) is 44.6 Å². The summed E-state index contributed by atoms with van der Waals surface area (Å²) in [7, 11) is 0. The van der Waals surface area contributed by atoms with Crippen molar-refractivity contribution in [2.45, 2.75) is 26.7 Å². The van der Waals surface area contributed by atoms with Crippen molar-refractivity contribution in [2.75, 3.05) is 26.2 Å².